The summed E-state index contributed by atoms with van der Waals surface area (Å²) in [5, 5.41) is 25.5. The summed E-state index contributed by atoms with van der Waals surface area (Å²) in [6.07, 6.45) is 2.35. The Morgan fingerprint density at radius 1 is 1.13 bits per heavy atom. The van der Waals surface area contributed by atoms with E-state index in [0.717, 1.165) is 37.1 Å². The number of amides is 2. The van der Waals surface area contributed by atoms with Crippen molar-refractivity contribution in [2.75, 3.05) is 20.6 Å². The zero-order chi connectivity index (χ0) is 41.1. The van der Waals surface area contributed by atoms with Crippen molar-refractivity contribution in [3.8, 4) is 0 Å². The molecule has 1 saturated heterocycles. The van der Waals surface area contributed by atoms with Crippen LogP contribution in [0, 0.1) is 39.7 Å². The summed E-state index contributed by atoms with van der Waals surface area (Å²) in [6, 6.07) is 4.60. The van der Waals surface area contributed by atoms with E-state index in [1.165, 1.54) is 31.4 Å². The van der Waals surface area contributed by atoms with E-state index in [0.29, 0.717) is 16.5 Å². The topological polar surface area (TPSA) is 189 Å². The number of likely N-dealkylation sites (tertiary alicyclic amines) is 1. The van der Waals surface area contributed by atoms with Crippen molar-refractivity contribution in [2.24, 2.45) is 29.6 Å². The Morgan fingerprint density at radius 2 is 1.78 bits per heavy atom. The fourth-order valence-corrected chi connectivity index (χ4v) is 8.12. The number of hydrogen-bond donors (Lipinski definition) is 2. The number of carbonyl (C=O) groups excluding carboxylic acids is 4. The summed E-state index contributed by atoms with van der Waals surface area (Å²) in [4.78, 5) is 84.5. The molecule has 1 fully saturated rings. The monoisotopic (exact) mass is 785 g/mol. The van der Waals surface area contributed by atoms with E-state index >= 15 is 0 Å². The van der Waals surface area contributed by atoms with Crippen molar-refractivity contribution < 1.29 is 38.7 Å². The maximum Gasteiger partial charge on any atom is 0.306 e. The second-order valence-electron chi connectivity index (χ2n) is 15.7. The van der Waals surface area contributed by atoms with E-state index in [2.05, 4.69) is 22.1 Å². The number of thiazole rings is 1. The van der Waals surface area contributed by atoms with Gasteiger partial charge in [-0.25, -0.2) is 4.98 Å². The van der Waals surface area contributed by atoms with Crippen LogP contribution in [0.25, 0.3) is 0 Å². The number of esters is 1. The lowest BCUT2D eigenvalue weighted by Crippen LogP contribution is -2.48. The maximum absolute atomic E-state index is 14.3. The number of aliphatic carboxylic acids is 1. The summed E-state index contributed by atoms with van der Waals surface area (Å²) in [6.45, 7) is 13.8. The van der Waals surface area contributed by atoms with Crippen LogP contribution < -0.4 is 5.32 Å². The van der Waals surface area contributed by atoms with Crippen LogP contribution >= 0.6 is 11.3 Å². The Bertz CT molecular complexity index is 1650. The first-order chi connectivity index (χ1) is 25.8. The number of Topliss-reactive ketones (excluding diaryl/α,β-unsaturated/α-hetero) is 1. The third-order valence-corrected chi connectivity index (χ3v) is 11.9. The quantitative estimate of drug-likeness (QED) is 0.0867. The predicted octanol–water partition coefficient (Wildman–Crippen LogP) is 6.33. The molecule has 14 nitrogen and oxygen atoms in total. The van der Waals surface area contributed by atoms with E-state index in [4.69, 9.17) is 4.74 Å². The van der Waals surface area contributed by atoms with Crippen LogP contribution in [0.3, 0.4) is 0 Å². The number of ether oxygens (including phenoxy) is 1. The Hall–Kier alpha value is -4.24. The number of rotatable bonds is 20. The number of carboxylic acids is 1. The van der Waals surface area contributed by atoms with Crippen LogP contribution in [-0.2, 0) is 30.3 Å². The molecule has 3 rings (SSSR count). The maximum atomic E-state index is 14.3. The number of nitro groups is 1. The molecule has 0 radical (unpaired) electrons. The van der Waals surface area contributed by atoms with Crippen LogP contribution in [0.15, 0.2) is 29.6 Å². The van der Waals surface area contributed by atoms with Crippen molar-refractivity contribution in [1.29, 1.82) is 0 Å². The highest BCUT2D eigenvalue weighted by Gasteiger charge is 2.38. The number of piperidine rings is 1. The number of nitro benzene ring substituents is 1. The molecule has 2 aromatic rings. The average molecular weight is 786 g/mol. The smallest absolute Gasteiger partial charge is 0.306 e. The van der Waals surface area contributed by atoms with Gasteiger partial charge in [0.25, 0.3) is 11.6 Å². The Labute approximate surface area is 328 Å². The standard InChI is InChI=1S/C40H59N5O9S/c1-10-25(5)31(20-35(47)34-17-24(4)15-16-43(34)8)39(49)44(9)33(23(2)3)21-36(54-27(7)46)38-42-32(22-55-38)37(48)41-29(18-26(6)40(50)51)19-28-11-13-30(14-12-28)45(52)53/h11-14,22-26,29,31,33-34,36H,10,15-21H2,1-9H3,(H,41,48)(H,50,51)/t24-,25+,26+,29-,31+,33-,34-,36-/m1/s1. The molecular weight excluding hydrogens is 727 g/mol. The SMILES string of the molecule is CC[C@H](C)[C@H](CC(=O)[C@H]1C[C@H](C)CCN1C)C(=O)N(C)[C@H](C[C@@H](OC(C)=O)c1nc(C(=O)N[C@@H](Cc2ccc([N+](=O)[O-])cc2)C[C@H](C)C(=O)O)cs1)C(C)C. The number of likely N-dealkylation sites (N-methyl/N-ethyl adjacent to an activating group) is 1. The zero-order valence-electron chi connectivity index (χ0n) is 33.7. The van der Waals surface area contributed by atoms with E-state index in [9.17, 15) is 39.2 Å². The fourth-order valence-electron chi connectivity index (χ4n) is 7.28. The normalized spacial score (nSPS) is 19.4. The number of non-ortho nitro benzene ring substituents is 1. The number of aromatic nitrogens is 1. The lowest BCUT2D eigenvalue weighted by atomic mass is 9.81. The number of hydrogen-bond acceptors (Lipinski definition) is 11. The number of nitrogens with one attached hydrogen (secondary N) is 1. The molecule has 2 amide bonds. The van der Waals surface area contributed by atoms with Crippen molar-refractivity contribution in [3.63, 3.8) is 0 Å². The van der Waals surface area contributed by atoms with Gasteiger partial charge in [0.2, 0.25) is 5.91 Å². The van der Waals surface area contributed by atoms with Crippen LogP contribution in [0.4, 0.5) is 5.69 Å². The van der Waals surface area contributed by atoms with Gasteiger partial charge in [-0.3, -0.25) is 39.0 Å². The van der Waals surface area contributed by atoms with Crippen LogP contribution in [0.1, 0.15) is 114 Å². The number of carboxylic acid groups (broad SMARTS) is 1. The molecule has 1 aliphatic rings. The van der Waals surface area contributed by atoms with Crippen LogP contribution in [0.5, 0.6) is 0 Å². The van der Waals surface area contributed by atoms with Gasteiger partial charge in [0.1, 0.15) is 10.7 Å². The van der Waals surface area contributed by atoms with E-state index in [-0.39, 0.29) is 66.6 Å². The van der Waals surface area contributed by atoms with Gasteiger partial charge in [-0.15, -0.1) is 11.3 Å². The van der Waals surface area contributed by atoms with Gasteiger partial charge in [0.15, 0.2) is 11.9 Å². The first-order valence-electron chi connectivity index (χ1n) is 19.2. The first kappa shape index (κ1) is 45.2. The second kappa shape index (κ2) is 20.6. The molecule has 8 atom stereocenters. The molecule has 0 bridgehead atoms. The number of ketones is 1. The Morgan fingerprint density at radius 3 is 2.35 bits per heavy atom. The fraction of sp³-hybridized carbons (Fsp3) is 0.650. The second-order valence-corrected chi connectivity index (χ2v) is 16.6. The van der Waals surface area contributed by atoms with Gasteiger partial charge < -0.3 is 20.1 Å². The van der Waals surface area contributed by atoms with Crippen molar-refractivity contribution >= 4 is 46.6 Å². The third kappa shape index (κ3) is 12.9. The van der Waals surface area contributed by atoms with Gasteiger partial charge in [-0.05, 0) is 62.6 Å². The van der Waals surface area contributed by atoms with Gasteiger partial charge in [0.05, 0.1) is 16.9 Å². The summed E-state index contributed by atoms with van der Waals surface area (Å²) < 4.78 is 5.77. The largest absolute Gasteiger partial charge is 0.481 e. The van der Waals surface area contributed by atoms with Crippen molar-refractivity contribution in [1.82, 2.24) is 20.1 Å². The molecular formula is C40H59N5O9S. The summed E-state index contributed by atoms with van der Waals surface area (Å²) >= 11 is 1.14. The first-order valence-corrected chi connectivity index (χ1v) is 20.1. The zero-order valence-corrected chi connectivity index (χ0v) is 34.5. The van der Waals surface area contributed by atoms with Crippen molar-refractivity contribution in [2.45, 2.75) is 118 Å². The number of carbonyl (C=O) groups is 5. The molecule has 2 heterocycles. The lowest BCUT2D eigenvalue weighted by Gasteiger charge is -2.38. The summed E-state index contributed by atoms with van der Waals surface area (Å²) in [5.74, 6) is -3.15. The minimum Gasteiger partial charge on any atom is -0.481 e. The van der Waals surface area contributed by atoms with Gasteiger partial charge in [-0.1, -0.05) is 60.1 Å². The highest BCUT2D eigenvalue weighted by atomic mass is 32.1. The highest BCUT2D eigenvalue weighted by Crippen LogP contribution is 2.33. The number of benzene rings is 1. The van der Waals surface area contributed by atoms with E-state index < -0.39 is 52.8 Å². The summed E-state index contributed by atoms with van der Waals surface area (Å²) in [5.41, 5.74) is 0.645. The minimum atomic E-state index is -1.03. The Kier molecular flexibility index (Phi) is 16.9. The average Bonchev–Trinajstić information content (AvgIpc) is 3.63. The third-order valence-electron chi connectivity index (χ3n) is 11.0. The van der Waals surface area contributed by atoms with Crippen molar-refractivity contribution in [3.05, 3.63) is 56.0 Å². The molecule has 1 aliphatic heterocycles. The molecule has 2 N–H and O–H groups in total. The molecule has 1 aromatic heterocycles. The molecule has 0 aliphatic carbocycles. The molecule has 15 heteroatoms. The number of nitrogens with zero attached hydrogens (tertiary/aromatic N) is 4. The molecule has 0 unspecified atom stereocenters. The molecule has 55 heavy (non-hydrogen) atoms. The molecule has 304 valence electrons. The van der Waals surface area contributed by atoms with Gasteiger partial charge >= 0.3 is 11.9 Å². The predicted molar refractivity (Wildman–Crippen MR) is 209 cm³/mol. The van der Waals surface area contributed by atoms with E-state index in [1.807, 2.05) is 34.7 Å². The molecule has 0 saturated carbocycles. The van der Waals surface area contributed by atoms with E-state index in [1.54, 1.807) is 24.1 Å². The van der Waals surface area contributed by atoms with Crippen LogP contribution in [-0.4, -0.2) is 93.1 Å². The van der Waals surface area contributed by atoms with Crippen LogP contribution in [0.2, 0.25) is 0 Å². The molecule has 1 aromatic carbocycles. The van der Waals surface area contributed by atoms with Gasteiger partial charge in [-0.2, -0.15) is 0 Å². The Balaban J connectivity index is 1.82. The lowest BCUT2D eigenvalue weighted by molar-refractivity contribution is -0.384. The highest BCUT2D eigenvalue weighted by molar-refractivity contribution is 7.09. The summed E-state index contributed by atoms with van der Waals surface area (Å²) in [7, 11) is 3.70. The minimum absolute atomic E-state index is 0.0370. The van der Waals surface area contributed by atoms with Gasteiger partial charge in [0, 0.05) is 62.3 Å². The molecule has 0 spiro atoms.